The first-order valence-corrected chi connectivity index (χ1v) is 8.66. The molecular weight excluding hydrogens is 318 g/mol. The molecule has 124 valence electrons. The van der Waals surface area contributed by atoms with Crippen LogP contribution in [-0.4, -0.2) is 61.7 Å². The number of sulfonamides is 1. The molecule has 1 fully saturated rings. The van der Waals surface area contributed by atoms with Gasteiger partial charge in [0.05, 0.1) is 30.4 Å². The summed E-state index contributed by atoms with van der Waals surface area (Å²) in [5, 5.41) is 6.24. The first-order valence-electron chi connectivity index (χ1n) is 7.22. The lowest BCUT2D eigenvalue weighted by Crippen LogP contribution is -2.42. The van der Waals surface area contributed by atoms with E-state index in [1.165, 1.54) is 16.7 Å². The number of aromatic amines is 1. The Hall–Kier alpha value is -1.97. The van der Waals surface area contributed by atoms with Crippen molar-refractivity contribution in [3.63, 3.8) is 0 Å². The zero-order valence-corrected chi connectivity index (χ0v) is 13.8. The fraction of sp³-hybridized carbons (Fsp3) is 0.429. The van der Waals surface area contributed by atoms with Gasteiger partial charge in [-0.1, -0.05) is 0 Å². The molecule has 3 rings (SSSR count). The van der Waals surface area contributed by atoms with Gasteiger partial charge in [-0.05, 0) is 12.1 Å². The largest absolute Gasteiger partial charge is 0.376 e. The van der Waals surface area contributed by atoms with Crippen LogP contribution in [0.15, 0.2) is 35.6 Å². The van der Waals surface area contributed by atoms with Crippen molar-refractivity contribution in [1.82, 2.24) is 19.5 Å². The van der Waals surface area contributed by atoms with Gasteiger partial charge >= 0.3 is 0 Å². The molecule has 1 aliphatic heterocycles. The quantitative estimate of drug-likeness (QED) is 0.880. The number of nitrogens with one attached hydrogen (secondary N) is 1. The van der Waals surface area contributed by atoms with Crippen LogP contribution in [0.25, 0.3) is 0 Å². The van der Waals surface area contributed by atoms with Crippen LogP contribution in [0, 0.1) is 0 Å². The Kier molecular flexibility index (Phi) is 4.33. The van der Waals surface area contributed by atoms with E-state index in [-0.39, 0.29) is 17.5 Å². The van der Waals surface area contributed by atoms with E-state index in [1.807, 2.05) is 31.1 Å². The average Bonchev–Trinajstić information content (AvgIpc) is 3.10. The van der Waals surface area contributed by atoms with Crippen LogP contribution in [0.3, 0.4) is 0 Å². The molecule has 0 amide bonds. The van der Waals surface area contributed by atoms with Crippen molar-refractivity contribution >= 4 is 15.7 Å². The minimum absolute atomic E-state index is 0.161. The molecule has 1 atom stereocenters. The lowest BCUT2D eigenvalue weighted by atomic mass is 10.2. The third-order valence-corrected chi connectivity index (χ3v) is 5.59. The fourth-order valence-electron chi connectivity index (χ4n) is 2.40. The molecule has 0 saturated carbocycles. The molecule has 8 nitrogen and oxygen atoms in total. The Morgan fingerprint density at radius 2 is 2.17 bits per heavy atom. The molecule has 2 aromatic heterocycles. The first-order chi connectivity index (χ1) is 11.0. The molecule has 0 bridgehead atoms. The number of nitrogens with zero attached hydrogens (tertiary/aromatic N) is 4. The van der Waals surface area contributed by atoms with Crippen molar-refractivity contribution in [2.75, 3.05) is 38.7 Å². The van der Waals surface area contributed by atoms with Crippen molar-refractivity contribution in [3.8, 4) is 0 Å². The molecule has 0 unspecified atom stereocenters. The van der Waals surface area contributed by atoms with Crippen LogP contribution < -0.4 is 4.90 Å². The highest BCUT2D eigenvalue weighted by Gasteiger charge is 2.32. The highest BCUT2D eigenvalue weighted by atomic mass is 32.2. The summed E-state index contributed by atoms with van der Waals surface area (Å²) in [5.74, 6) is 0. The molecule has 0 radical (unpaired) electrons. The predicted molar refractivity (Wildman–Crippen MR) is 84.6 cm³/mol. The fourth-order valence-corrected chi connectivity index (χ4v) is 3.74. The van der Waals surface area contributed by atoms with Gasteiger partial charge in [-0.15, -0.1) is 0 Å². The van der Waals surface area contributed by atoms with Crippen LogP contribution >= 0.6 is 0 Å². The van der Waals surface area contributed by atoms with E-state index in [0.717, 1.165) is 11.4 Å². The lowest BCUT2D eigenvalue weighted by Gasteiger charge is -2.31. The summed E-state index contributed by atoms with van der Waals surface area (Å²) in [7, 11) is 0.317. The smallest absolute Gasteiger partial charge is 0.246 e. The molecule has 9 heteroatoms. The van der Waals surface area contributed by atoms with E-state index in [0.29, 0.717) is 13.2 Å². The monoisotopic (exact) mass is 337 g/mol. The average molecular weight is 337 g/mol. The Morgan fingerprint density at radius 3 is 2.78 bits per heavy atom. The maximum atomic E-state index is 12.6. The minimum Gasteiger partial charge on any atom is -0.376 e. The SMILES string of the molecule is CN(C)c1ccc([C@H]2CN(S(=O)(=O)c3cn[nH]c3)CCO2)nc1. The predicted octanol–water partition coefficient (Wildman–Crippen LogP) is 0.633. The zero-order chi connectivity index (χ0) is 16.4. The maximum Gasteiger partial charge on any atom is 0.246 e. The van der Waals surface area contributed by atoms with Gasteiger partial charge in [0.15, 0.2) is 0 Å². The van der Waals surface area contributed by atoms with E-state index < -0.39 is 10.0 Å². The highest BCUT2D eigenvalue weighted by molar-refractivity contribution is 7.89. The Bertz CT molecular complexity index is 743. The Balaban J connectivity index is 1.78. The van der Waals surface area contributed by atoms with Gasteiger partial charge < -0.3 is 9.64 Å². The second-order valence-corrected chi connectivity index (χ2v) is 7.43. The summed E-state index contributed by atoms with van der Waals surface area (Å²) >= 11 is 0. The maximum absolute atomic E-state index is 12.6. The van der Waals surface area contributed by atoms with Gasteiger partial charge in [0.25, 0.3) is 0 Å². The molecule has 2 aromatic rings. The second kappa shape index (κ2) is 6.26. The highest BCUT2D eigenvalue weighted by Crippen LogP contribution is 2.25. The molecule has 0 aromatic carbocycles. The standard InChI is InChI=1S/C14H19N5O3S/c1-18(2)11-3-4-13(15-7-11)14-10-19(5-6-22-14)23(20,21)12-8-16-17-9-12/h3-4,7-9,14H,5-6,10H2,1-2H3,(H,16,17)/t14-/m1/s1. The number of morpholine rings is 1. The summed E-state index contributed by atoms with van der Waals surface area (Å²) in [4.78, 5) is 6.51. The van der Waals surface area contributed by atoms with Crippen LogP contribution in [0.1, 0.15) is 11.8 Å². The molecule has 1 aliphatic rings. The lowest BCUT2D eigenvalue weighted by molar-refractivity contribution is -0.00492. The number of pyridine rings is 1. The molecule has 1 saturated heterocycles. The number of aromatic nitrogens is 3. The van der Waals surface area contributed by atoms with E-state index in [2.05, 4.69) is 15.2 Å². The van der Waals surface area contributed by atoms with E-state index in [1.54, 1.807) is 6.20 Å². The molecule has 3 heterocycles. The molecule has 0 spiro atoms. The molecule has 1 N–H and O–H groups in total. The van der Waals surface area contributed by atoms with Gasteiger partial charge in [-0.3, -0.25) is 10.1 Å². The van der Waals surface area contributed by atoms with Crippen LogP contribution in [0.5, 0.6) is 0 Å². The summed E-state index contributed by atoms with van der Waals surface area (Å²) in [6, 6.07) is 3.81. The summed E-state index contributed by atoms with van der Waals surface area (Å²) in [6.07, 6.45) is 4.07. The second-order valence-electron chi connectivity index (χ2n) is 5.49. The first kappa shape index (κ1) is 15.9. The zero-order valence-electron chi connectivity index (χ0n) is 13.0. The number of H-pyrrole nitrogens is 1. The van der Waals surface area contributed by atoms with Crippen molar-refractivity contribution in [1.29, 1.82) is 0 Å². The Morgan fingerprint density at radius 1 is 1.35 bits per heavy atom. The van der Waals surface area contributed by atoms with Gasteiger partial charge in [-0.2, -0.15) is 9.40 Å². The summed E-state index contributed by atoms with van der Waals surface area (Å²) < 4.78 is 32.2. The van der Waals surface area contributed by atoms with Crippen molar-refractivity contribution in [3.05, 3.63) is 36.4 Å². The van der Waals surface area contributed by atoms with Gasteiger partial charge in [-0.25, -0.2) is 8.42 Å². The van der Waals surface area contributed by atoms with Crippen LogP contribution in [-0.2, 0) is 14.8 Å². The summed E-state index contributed by atoms with van der Waals surface area (Å²) in [6.45, 7) is 0.889. The molecule has 23 heavy (non-hydrogen) atoms. The summed E-state index contributed by atoms with van der Waals surface area (Å²) in [5.41, 5.74) is 1.70. The number of hydrogen-bond acceptors (Lipinski definition) is 6. The van der Waals surface area contributed by atoms with Gasteiger partial charge in [0.2, 0.25) is 10.0 Å². The number of ether oxygens (including phenoxy) is 1. The van der Waals surface area contributed by atoms with Crippen LogP contribution in [0.2, 0.25) is 0 Å². The van der Waals surface area contributed by atoms with Crippen molar-refractivity contribution in [2.24, 2.45) is 0 Å². The Labute approximate surface area is 135 Å². The van der Waals surface area contributed by atoms with Crippen molar-refractivity contribution in [2.45, 2.75) is 11.0 Å². The van der Waals surface area contributed by atoms with Gasteiger partial charge in [0, 0.05) is 33.4 Å². The number of rotatable bonds is 4. The van der Waals surface area contributed by atoms with E-state index in [4.69, 9.17) is 4.74 Å². The third-order valence-electron chi connectivity index (χ3n) is 3.76. The number of hydrogen-bond donors (Lipinski definition) is 1. The molecule has 0 aliphatic carbocycles. The van der Waals surface area contributed by atoms with E-state index in [9.17, 15) is 8.42 Å². The topological polar surface area (TPSA) is 91.4 Å². The van der Waals surface area contributed by atoms with Crippen molar-refractivity contribution < 1.29 is 13.2 Å². The molecular formula is C14H19N5O3S. The third kappa shape index (κ3) is 3.21. The van der Waals surface area contributed by atoms with Crippen LogP contribution in [0.4, 0.5) is 5.69 Å². The van der Waals surface area contributed by atoms with Gasteiger partial charge in [0.1, 0.15) is 11.0 Å². The minimum atomic E-state index is -3.56. The van der Waals surface area contributed by atoms with E-state index >= 15 is 0 Å². The number of anilines is 1. The normalized spacial score (nSPS) is 19.7.